The van der Waals surface area contributed by atoms with Gasteiger partial charge in [-0.25, -0.2) is 9.59 Å². The summed E-state index contributed by atoms with van der Waals surface area (Å²) in [5.41, 5.74) is 0.924. The minimum absolute atomic E-state index is 0.123. The Kier molecular flexibility index (Phi) is 9.10. The van der Waals surface area contributed by atoms with Gasteiger partial charge in [-0.1, -0.05) is 23.2 Å². The van der Waals surface area contributed by atoms with Crippen LogP contribution in [-0.2, 0) is 20.7 Å². The van der Waals surface area contributed by atoms with Gasteiger partial charge in [-0.05, 0) is 56.7 Å². The summed E-state index contributed by atoms with van der Waals surface area (Å²) in [5, 5.41) is 10.5. The molecule has 3 aromatic rings. The minimum atomic E-state index is -0.650. The number of thiophene rings is 1. The van der Waals surface area contributed by atoms with Crippen LogP contribution in [0.25, 0.3) is 17.4 Å². The number of carbonyl (C=O) groups is 3. The second-order valence-electron chi connectivity index (χ2n) is 7.39. The molecule has 0 saturated heterocycles. The summed E-state index contributed by atoms with van der Waals surface area (Å²) in [5.74, 6) is -1.10. The van der Waals surface area contributed by atoms with Gasteiger partial charge in [0, 0.05) is 28.0 Å². The van der Waals surface area contributed by atoms with Crippen LogP contribution in [-0.4, -0.2) is 30.9 Å². The van der Waals surface area contributed by atoms with Crippen LogP contribution in [0.5, 0.6) is 0 Å². The number of allylic oxidation sites excluding steroid dienone is 1. The van der Waals surface area contributed by atoms with E-state index in [1.54, 1.807) is 51.1 Å². The smallest absolute Gasteiger partial charge is 0.348 e. The zero-order valence-corrected chi connectivity index (χ0v) is 22.0. The fourth-order valence-corrected chi connectivity index (χ4v) is 5.07. The number of furan rings is 1. The highest BCUT2D eigenvalue weighted by molar-refractivity contribution is 7.14. The van der Waals surface area contributed by atoms with Crippen molar-refractivity contribution >= 4 is 58.3 Å². The number of benzene rings is 1. The van der Waals surface area contributed by atoms with Crippen LogP contribution in [0.1, 0.15) is 50.1 Å². The topological polar surface area (TPSA) is 107 Å². The van der Waals surface area contributed by atoms with E-state index in [9.17, 15) is 19.6 Å². The molecule has 186 valence electrons. The molecule has 0 saturated carbocycles. The SMILES string of the molecule is CCOC(=O)c1sc(CC(=O)/C(C#N)=C/c2ccc(-c3ccc(Cl)cc3Cl)o2)c(C(=O)OCC)c1C. The molecule has 0 fully saturated rings. The molecule has 0 unspecified atom stereocenters. The van der Waals surface area contributed by atoms with Crippen LogP contribution in [0.15, 0.2) is 40.3 Å². The summed E-state index contributed by atoms with van der Waals surface area (Å²) in [7, 11) is 0. The molecule has 2 aromatic heterocycles. The van der Waals surface area contributed by atoms with Crippen LogP contribution in [0.2, 0.25) is 10.0 Å². The van der Waals surface area contributed by atoms with Crippen LogP contribution >= 0.6 is 34.5 Å². The first-order valence-electron chi connectivity index (χ1n) is 10.9. The maximum atomic E-state index is 13.0. The van der Waals surface area contributed by atoms with E-state index < -0.39 is 17.7 Å². The van der Waals surface area contributed by atoms with Gasteiger partial charge in [-0.15, -0.1) is 11.3 Å². The Morgan fingerprint density at radius 1 is 1.08 bits per heavy atom. The van der Waals surface area contributed by atoms with Gasteiger partial charge in [0.1, 0.15) is 22.5 Å². The Morgan fingerprint density at radius 3 is 2.42 bits per heavy atom. The van der Waals surface area contributed by atoms with Crippen LogP contribution in [0, 0.1) is 18.3 Å². The van der Waals surface area contributed by atoms with Gasteiger partial charge in [0.25, 0.3) is 0 Å². The Hall–Kier alpha value is -3.38. The number of carbonyl (C=O) groups excluding carboxylic acids is 3. The van der Waals surface area contributed by atoms with Crippen molar-refractivity contribution in [3.63, 3.8) is 0 Å². The molecular weight excluding hydrogens is 525 g/mol. The fourth-order valence-electron chi connectivity index (χ4n) is 3.38. The van der Waals surface area contributed by atoms with E-state index in [0.29, 0.717) is 31.8 Å². The van der Waals surface area contributed by atoms with Crippen molar-refractivity contribution in [3.05, 3.63) is 72.6 Å². The lowest BCUT2D eigenvalue weighted by atomic mass is 10.0. The van der Waals surface area contributed by atoms with E-state index >= 15 is 0 Å². The van der Waals surface area contributed by atoms with E-state index in [1.807, 2.05) is 6.07 Å². The quantitative estimate of drug-likeness (QED) is 0.167. The summed E-state index contributed by atoms with van der Waals surface area (Å²) >= 11 is 13.1. The first-order valence-corrected chi connectivity index (χ1v) is 12.4. The molecule has 0 radical (unpaired) electrons. The Bertz CT molecular complexity index is 1400. The van der Waals surface area contributed by atoms with E-state index in [2.05, 4.69) is 0 Å². The van der Waals surface area contributed by atoms with Gasteiger partial charge in [0.05, 0.1) is 29.4 Å². The molecule has 10 heteroatoms. The second kappa shape index (κ2) is 12.0. The van der Waals surface area contributed by atoms with E-state index in [0.717, 1.165) is 11.3 Å². The third-order valence-electron chi connectivity index (χ3n) is 5.01. The van der Waals surface area contributed by atoms with Crippen molar-refractivity contribution in [2.45, 2.75) is 27.2 Å². The number of esters is 2. The lowest BCUT2D eigenvalue weighted by Gasteiger charge is -2.05. The van der Waals surface area contributed by atoms with E-state index in [-0.39, 0.29) is 41.4 Å². The normalized spacial score (nSPS) is 11.2. The second-order valence-corrected chi connectivity index (χ2v) is 9.34. The number of nitrogens with zero attached hydrogens (tertiary/aromatic N) is 1. The molecule has 1 aromatic carbocycles. The summed E-state index contributed by atoms with van der Waals surface area (Å²) in [6.45, 7) is 5.20. The average molecular weight is 546 g/mol. The Labute approximate surface area is 221 Å². The Balaban J connectivity index is 1.91. The lowest BCUT2D eigenvalue weighted by molar-refractivity contribution is -0.114. The molecule has 0 spiro atoms. The molecule has 0 bridgehead atoms. The van der Waals surface area contributed by atoms with E-state index in [1.165, 1.54) is 6.08 Å². The van der Waals surface area contributed by atoms with Crippen molar-refractivity contribution in [3.8, 4) is 17.4 Å². The minimum Gasteiger partial charge on any atom is -0.462 e. The van der Waals surface area contributed by atoms with Crippen molar-refractivity contribution < 1.29 is 28.3 Å². The number of ketones is 1. The zero-order chi connectivity index (χ0) is 26.4. The molecule has 36 heavy (non-hydrogen) atoms. The first-order chi connectivity index (χ1) is 17.2. The van der Waals surface area contributed by atoms with Gasteiger partial charge in [0.15, 0.2) is 5.78 Å². The van der Waals surface area contributed by atoms with Gasteiger partial charge in [-0.2, -0.15) is 5.26 Å². The monoisotopic (exact) mass is 545 g/mol. The van der Waals surface area contributed by atoms with Crippen LogP contribution < -0.4 is 0 Å². The van der Waals surface area contributed by atoms with Gasteiger partial charge in [0.2, 0.25) is 0 Å². The van der Waals surface area contributed by atoms with Crippen molar-refractivity contribution in [2.75, 3.05) is 13.2 Å². The number of rotatable bonds is 9. The van der Waals surface area contributed by atoms with Crippen molar-refractivity contribution in [2.24, 2.45) is 0 Å². The van der Waals surface area contributed by atoms with Crippen LogP contribution in [0.3, 0.4) is 0 Å². The maximum absolute atomic E-state index is 13.0. The number of hydrogen-bond acceptors (Lipinski definition) is 8. The van der Waals surface area contributed by atoms with Gasteiger partial charge < -0.3 is 13.9 Å². The molecule has 0 amide bonds. The Morgan fingerprint density at radius 2 is 1.78 bits per heavy atom. The maximum Gasteiger partial charge on any atom is 0.348 e. The van der Waals surface area contributed by atoms with Crippen LogP contribution in [0.4, 0.5) is 0 Å². The largest absolute Gasteiger partial charge is 0.462 e. The molecule has 0 aliphatic rings. The predicted molar refractivity (Wildman–Crippen MR) is 137 cm³/mol. The van der Waals surface area contributed by atoms with E-state index in [4.69, 9.17) is 37.1 Å². The predicted octanol–water partition coefficient (Wildman–Crippen LogP) is 6.70. The molecule has 0 atom stereocenters. The average Bonchev–Trinajstić information content (AvgIpc) is 3.41. The third kappa shape index (κ3) is 6.05. The molecular formula is C26H21Cl2NO6S. The van der Waals surface area contributed by atoms with Crippen molar-refractivity contribution in [1.29, 1.82) is 5.26 Å². The van der Waals surface area contributed by atoms with Gasteiger partial charge >= 0.3 is 11.9 Å². The highest BCUT2D eigenvalue weighted by atomic mass is 35.5. The highest BCUT2D eigenvalue weighted by Gasteiger charge is 2.28. The molecule has 0 N–H and O–H groups in total. The summed E-state index contributed by atoms with van der Waals surface area (Å²) in [4.78, 5) is 38.5. The molecule has 3 rings (SSSR count). The number of halogens is 2. The third-order valence-corrected chi connectivity index (χ3v) is 6.83. The molecule has 0 aliphatic carbocycles. The molecule has 2 heterocycles. The summed E-state index contributed by atoms with van der Waals surface area (Å²) < 4.78 is 15.9. The molecule has 0 aliphatic heterocycles. The number of hydrogen-bond donors (Lipinski definition) is 0. The lowest BCUT2D eigenvalue weighted by Crippen LogP contribution is -2.12. The van der Waals surface area contributed by atoms with Crippen molar-refractivity contribution in [1.82, 2.24) is 0 Å². The fraction of sp³-hybridized carbons (Fsp3) is 0.231. The summed E-state index contributed by atoms with van der Waals surface area (Å²) in [6, 6.07) is 10.1. The number of Topliss-reactive ketones (excluding diaryl/α,β-unsaturated/α-hetero) is 1. The highest BCUT2D eigenvalue weighted by Crippen LogP contribution is 2.33. The number of nitriles is 1. The number of ether oxygens (including phenoxy) is 2. The first kappa shape index (κ1) is 27.2. The zero-order valence-electron chi connectivity index (χ0n) is 19.6. The van der Waals surface area contributed by atoms with Gasteiger partial charge in [-0.3, -0.25) is 4.79 Å². The summed E-state index contributed by atoms with van der Waals surface area (Å²) in [6.07, 6.45) is 1.03. The standard InChI is InChI=1S/C26H21Cl2NO6S/c1-4-33-25(31)23-14(3)24(26(32)34-5-2)36-22(23)12-20(30)15(13-29)10-17-7-9-21(35-17)18-8-6-16(27)11-19(18)28/h6-11H,4-5,12H2,1-3H3/b15-10+. The molecule has 7 nitrogen and oxygen atoms in total.